The topological polar surface area (TPSA) is 30.5 Å². The van der Waals surface area contributed by atoms with E-state index in [9.17, 15) is 13.2 Å². The van der Waals surface area contributed by atoms with Crippen LogP contribution in [0.3, 0.4) is 0 Å². The highest BCUT2D eigenvalue weighted by Gasteiger charge is 2.28. The molecule has 0 bridgehead atoms. The second-order valence-electron chi connectivity index (χ2n) is 3.79. The Kier molecular flexibility index (Phi) is 6.41. The Hall–Kier alpha value is -0.980. The monoisotopic (exact) mass is 297 g/mol. The number of ether oxygens (including phenoxy) is 2. The Morgan fingerprint density at radius 3 is 2.68 bits per heavy atom. The van der Waals surface area contributed by atoms with Gasteiger partial charge in [-0.25, -0.2) is 0 Å². The molecule has 108 valence electrons. The molecule has 7 heteroatoms. The minimum Gasteiger partial charge on any atom is -0.484 e. The fourth-order valence-corrected chi connectivity index (χ4v) is 1.63. The number of halogens is 4. The van der Waals surface area contributed by atoms with Crippen LogP contribution in [0.25, 0.3) is 0 Å². The molecule has 0 atom stereocenters. The lowest BCUT2D eigenvalue weighted by molar-refractivity contribution is -0.153. The van der Waals surface area contributed by atoms with Crippen molar-refractivity contribution in [2.45, 2.75) is 12.7 Å². The van der Waals surface area contributed by atoms with E-state index in [2.05, 4.69) is 5.32 Å². The minimum atomic E-state index is -4.37. The molecule has 1 aromatic rings. The first-order chi connectivity index (χ1) is 8.94. The van der Waals surface area contributed by atoms with Crippen LogP contribution in [0.1, 0.15) is 5.56 Å². The smallest absolute Gasteiger partial charge is 0.422 e. The van der Waals surface area contributed by atoms with Crippen LogP contribution in [0.4, 0.5) is 13.2 Å². The van der Waals surface area contributed by atoms with Gasteiger partial charge < -0.3 is 14.8 Å². The third-order valence-electron chi connectivity index (χ3n) is 2.25. The van der Waals surface area contributed by atoms with Gasteiger partial charge in [0.2, 0.25) is 0 Å². The highest BCUT2D eigenvalue weighted by molar-refractivity contribution is 6.31. The van der Waals surface area contributed by atoms with Gasteiger partial charge in [-0.3, -0.25) is 0 Å². The highest BCUT2D eigenvalue weighted by atomic mass is 35.5. The Morgan fingerprint density at radius 2 is 2.05 bits per heavy atom. The average Bonchev–Trinajstić information content (AvgIpc) is 2.33. The third-order valence-corrected chi connectivity index (χ3v) is 2.61. The second-order valence-corrected chi connectivity index (χ2v) is 4.20. The van der Waals surface area contributed by atoms with Gasteiger partial charge in [0, 0.05) is 30.8 Å². The number of rotatable bonds is 7. The van der Waals surface area contributed by atoms with Crippen LogP contribution in [0, 0.1) is 0 Å². The van der Waals surface area contributed by atoms with Crippen molar-refractivity contribution < 1.29 is 22.6 Å². The standard InChI is InChI=1S/C12H15ClF3NO2/c1-18-6-5-17-7-9-10(13)3-2-4-11(9)19-8-12(14,15)16/h2-4,17H,5-8H2,1H3. The van der Waals surface area contributed by atoms with Crippen LogP contribution in [0.2, 0.25) is 5.02 Å². The van der Waals surface area contributed by atoms with Crippen molar-refractivity contribution in [3.05, 3.63) is 28.8 Å². The van der Waals surface area contributed by atoms with Crippen molar-refractivity contribution in [3.8, 4) is 5.75 Å². The minimum absolute atomic E-state index is 0.134. The summed E-state index contributed by atoms with van der Waals surface area (Å²) >= 11 is 5.96. The summed E-state index contributed by atoms with van der Waals surface area (Å²) in [6.07, 6.45) is -4.37. The molecule has 0 unspecified atom stereocenters. The molecule has 3 nitrogen and oxygen atoms in total. The molecule has 0 amide bonds. The lowest BCUT2D eigenvalue weighted by atomic mass is 10.2. The first-order valence-corrected chi connectivity index (χ1v) is 5.98. The zero-order valence-electron chi connectivity index (χ0n) is 10.4. The summed E-state index contributed by atoms with van der Waals surface area (Å²) < 4.78 is 46.0. The van der Waals surface area contributed by atoms with E-state index >= 15 is 0 Å². The fourth-order valence-electron chi connectivity index (χ4n) is 1.39. The quantitative estimate of drug-likeness (QED) is 0.785. The summed E-state index contributed by atoms with van der Waals surface area (Å²) in [6.45, 7) is 0.0538. The average molecular weight is 298 g/mol. The molecule has 1 aromatic carbocycles. The fraction of sp³-hybridized carbons (Fsp3) is 0.500. The van der Waals surface area contributed by atoms with Crippen LogP contribution in [-0.2, 0) is 11.3 Å². The van der Waals surface area contributed by atoms with Crippen molar-refractivity contribution in [2.75, 3.05) is 26.9 Å². The van der Waals surface area contributed by atoms with E-state index in [1.807, 2.05) is 0 Å². The van der Waals surface area contributed by atoms with Crippen molar-refractivity contribution in [1.29, 1.82) is 0 Å². The van der Waals surface area contributed by atoms with Gasteiger partial charge in [0.05, 0.1) is 6.61 Å². The molecular formula is C12H15ClF3NO2. The molecule has 0 saturated carbocycles. The van der Waals surface area contributed by atoms with Gasteiger partial charge in [-0.05, 0) is 12.1 Å². The molecule has 1 N–H and O–H groups in total. The first kappa shape index (κ1) is 16.1. The predicted molar refractivity (Wildman–Crippen MR) is 66.6 cm³/mol. The maximum Gasteiger partial charge on any atom is 0.422 e. The molecule has 0 fully saturated rings. The van der Waals surface area contributed by atoms with E-state index in [1.54, 1.807) is 19.2 Å². The van der Waals surface area contributed by atoms with E-state index in [4.69, 9.17) is 21.1 Å². The normalized spacial score (nSPS) is 11.6. The van der Waals surface area contributed by atoms with Crippen LogP contribution in [0.5, 0.6) is 5.75 Å². The molecule has 1 rings (SSSR count). The summed E-state index contributed by atoms with van der Waals surface area (Å²) in [5.74, 6) is 0.134. The van der Waals surface area contributed by atoms with Crippen LogP contribution in [0.15, 0.2) is 18.2 Å². The van der Waals surface area contributed by atoms with Gasteiger partial charge >= 0.3 is 6.18 Å². The maximum atomic E-state index is 12.1. The highest BCUT2D eigenvalue weighted by Crippen LogP contribution is 2.28. The van der Waals surface area contributed by atoms with Gasteiger partial charge in [0.25, 0.3) is 0 Å². The van der Waals surface area contributed by atoms with E-state index < -0.39 is 12.8 Å². The molecule has 19 heavy (non-hydrogen) atoms. The molecule has 0 radical (unpaired) electrons. The zero-order valence-corrected chi connectivity index (χ0v) is 11.1. The molecule has 0 spiro atoms. The first-order valence-electron chi connectivity index (χ1n) is 5.60. The van der Waals surface area contributed by atoms with Crippen LogP contribution >= 0.6 is 11.6 Å². The molecule has 0 heterocycles. The van der Waals surface area contributed by atoms with Crippen LogP contribution in [-0.4, -0.2) is 33.0 Å². The summed E-state index contributed by atoms with van der Waals surface area (Å²) in [5, 5.41) is 3.38. The summed E-state index contributed by atoms with van der Waals surface area (Å²) in [4.78, 5) is 0. The molecule has 0 aromatic heterocycles. The number of benzene rings is 1. The van der Waals surface area contributed by atoms with E-state index in [1.165, 1.54) is 6.07 Å². The van der Waals surface area contributed by atoms with Gasteiger partial charge in [-0.15, -0.1) is 0 Å². The zero-order chi connectivity index (χ0) is 14.3. The number of methoxy groups -OCH3 is 1. The molecule has 0 aliphatic heterocycles. The van der Waals surface area contributed by atoms with E-state index in [-0.39, 0.29) is 5.75 Å². The summed E-state index contributed by atoms with van der Waals surface area (Å²) in [7, 11) is 1.56. The van der Waals surface area contributed by atoms with Gasteiger partial charge in [-0.2, -0.15) is 13.2 Å². The number of alkyl halides is 3. The number of hydrogen-bond acceptors (Lipinski definition) is 3. The van der Waals surface area contributed by atoms with Crippen molar-refractivity contribution in [1.82, 2.24) is 5.32 Å². The summed E-state index contributed by atoms with van der Waals surface area (Å²) in [6, 6.07) is 4.62. The lowest BCUT2D eigenvalue weighted by Crippen LogP contribution is -2.22. The second kappa shape index (κ2) is 7.57. The Morgan fingerprint density at radius 1 is 1.32 bits per heavy atom. The van der Waals surface area contributed by atoms with Crippen molar-refractivity contribution in [3.63, 3.8) is 0 Å². The molecule has 0 saturated heterocycles. The number of hydrogen-bond donors (Lipinski definition) is 1. The number of nitrogens with one attached hydrogen (secondary N) is 1. The van der Waals surface area contributed by atoms with Gasteiger partial charge in [0.15, 0.2) is 6.61 Å². The largest absolute Gasteiger partial charge is 0.484 e. The van der Waals surface area contributed by atoms with Crippen molar-refractivity contribution in [2.24, 2.45) is 0 Å². The van der Waals surface area contributed by atoms with Crippen LogP contribution < -0.4 is 10.1 Å². The van der Waals surface area contributed by atoms with Crippen molar-refractivity contribution >= 4 is 11.6 Å². The van der Waals surface area contributed by atoms with E-state index in [0.29, 0.717) is 30.3 Å². The third kappa shape index (κ3) is 6.13. The Bertz CT molecular complexity index is 399. The Balaban J connectivity index is 2.66. The summed E-state index contributed by atoms with van der Waals surface area (Å²) in [5.41, 5.74) is 0.504. The Labute approximate surface area is 114 Å². The predicted octanol–water partition coefficient (Wildman–Crippen LogP) is 3.02. The molecule has 0 aliphatic carbocycles. The maximum absolute atomic E-state index is 12.1. The molecular weight excluding hydrogens is 283 g/mol. The SMILES string of the molecule is COCCNCc1c(Cl)cccc1OCC(F)(F)F. The van der Waals surface area contributed by atoms with Gasteiger partial charge in [0.1, 0.15) is 5.75 Å². The lowest BCUT2D eigenvalue weighted by Gasteiger charge is -2.14. The molecule has 0 aliphatic rings. The van der Waals surface area contributed by atoms with E-state index in [0.717, 1.165) is 0 Å². The van der Waals surface area contributed by atoms with Gasteiger partial charge in [-0.1, -0.05) is 17.7 Å².